The van der Waals surface area contributed by atoms with E-state index in [2.05, 4.69) is 5.32 Å². The number of benzene rings is 1. The van der Waals surface area contributed by atoms with E-state index in [0.29, 0.717) is 5.56 Å². The lowest BCUT2D eigenvalue weighted by atomic mass is 9.90. The zero-order valence-electron chi connectivity index (χ0n) is 10.4. The van der Waals surface area contributed by atoms with Crippen LogP contribution in [-0.4, -0.2) is 23.0 Å². The highest BCUT2D eigenvalue weighted by molar-refractivity contribution is 5.96. The van der Waals surface area contributed by atoms with Gasteiger partial charge in [-0.3, -0.25) is 9.59 Å². The summed E-state index contributed by atoms with van der Waals surface area (Å²) in [6.45, 7) is 1.46. The van der Waals surface area contributed by atoms with Crippen LogP contribution in [0.5, 0.6) is 0 Å². The first kappa shape index (κ1) is 12.6. The predicted octanol–water partition coefficient (Wildman–Crippen LogP) is 1.77. The summed E-state index contributed by atoms with van der Waals surface area (Å²) in [4.78, 5) is 22.6. The topological polar surface area (TPSA) is 66.4 Å². The Bertz CT molecular complexity index is 482. The molecule has 0 saturated carbocycles. The van der Waals surface area contributed by atoms with Crippen molar-refractivity contribution >= 4 is 11.9 Å². The normalized spacial score (nSPS) is 15.6. The molecule has 0 unspecified atom stereocenters. The SMILES string of the molecule is C[C@H](NC(=O)c1ccc2c(c1)CCCC2)C(=O)O. The van der Waals surface area contributed by atoms with Gasteiger partial charge in [0, 0.05) is 5.56 Å². The number of hydrogen-bond acceptors (Lipinski definition) is 2. The van der Waals surface area contributed by atoms with Crippen LogP contribution >= 0.6 is 0 Å². The molecule has 1 aliphatic carbocycles. The van der Waals surface area contributed by atoms with Crippen LogP contribution in [0.4, 0.5) is 0 Å². The predicted molar refractivity (Wildman–Crippen MR) is 67.6 cm³/mol. The molecule has 0 aromatic heterocycles. The van der Waals surface area contributed by atoms with E-state index < -0.39 is 12.0 Å². The number of fused-ring (bicyclic) bond motifs is 1. The lowest BCUT2D eigenvalue weighted by Gasteiger charge is -2.17. The minimum absolute atomic E-state index is 0.321. The Kier molecular flexibility index (Phi) is 3.65. The molecule has 1 atom stereocenters. The zero-order chi connectivity index (χ0) is 13.1. The molecule has 0 aliphatic heterocycles. The smallest absolute Gasteiger partial charge is 0.325 e. The average Bonchev–Trinajstić information content (AvgIpc) is 2.37. The van der Waals surface area contributed by atoms with Crippen LogP contribution in [0.15, 0.2) is 18.2 Å². The number of aliphatic carboxylic acids is 1. The Morgan fingerprint density at radius 3 is 2.56 bits per heavy atom. The number of carbonyl (C=O) groups excluding carboxylic acids is 1. The second kappa shape index (κ2) is 5.21. The zero-order valence-corrected chi connectivity index (χ0v) is 10.4. The van der Waals surface area contributed by atoms with Gasteiger partial charge in [0.05, 0.1) is 0 Å². The summed E-state index contributed by atoms with van der Waals surface area (Å²) in [6.07, 6.45) is 4.44. The van der Waals surface area contributed by atoms with E-state index in [-0.39, 0.29) is 5.91 Å². The van der Waals surface area contributed by atoms with Gasteiger partial charge in [-0.05, 0) is 55.9 Å². The maximum absolute atomic E-state index is 11.9. The largest absolute Gasteiger partial charge is 0.480 e. The maximum Gasteiger partial charge on any atom is 0.325 e. The molecule has 96 valence electrons. The van der Waals surface area contributed by atoms with Crippen molar-refractivity contribution in [3.8, 4) is 0 Å². The van der Waals surface area contributed by atoms with Gasteiger partial charge in [0.2, 0.25) is 0 Å². The molecule has 2 N–H and O–H groups in total. The number of nitrogens with one attached hydrogen (secondary N) is 1. The Balaban J connectivity index is 2.13. The molecule has 1 aromatic rings. The summed E-state index contributed by atoms with van der Waals surface area (Å²) >= 11 is 0. The van der Waals surface area contributed by atoms with Crippen molar-refractivity contribution in [2.75, 3.05) is 0 Å². The van der Waals surface area contributed by atoms with E-state index in [1.807, 2.05) is 12.1 Å². The third kappa shape index (κ3) is 2.70. The third-order valence-electron chi connectivity index (χ3n) is 3.33. The number of carbonyl (C=O) groups is 2. The van der Waals surface area contributed by atoms with E-state index >= 15 is 0 Å². The molecule has 1 aromatic carbocycles. The average molecular weight is 247 g/mol. The molecule has 4 nitrogen and oxygen atoms in total. The van der Waals surface area contributed by atoms with Crippen molar-refractivity contribution in [1.82, 2.24) is 5.32 Å². The van der Waals surface area contributed by atoms with Gasteiger partial charge < -0.3 is 10.4 Å². The van der Waals surface area contributed by atoms with Gasteiger partial charge in [-0.15, -0.1) is 0 Å². The lowest BCUT2D eigenvalue weighted by molar-refractivity contribution is -0.138. The van der Waals surface area contributed by atoms with Crippen LogP contribution in [0.2, 0.25) is 0 Å². The molecular weight excluding hydrogens is 230 g/mol. The summed E-state index contributed by atoms with van der Waals surface area (Å²) in [7, 11) is 0. The first-order chi connectivity index (χ1) is 8.58. The maximum atomic E-state index is 11.9. The van der Waals surface area contributed by atoms with Gasteiger partial charge in [-0.2, -0.15) is 0 Å². The van der Waals surface area contributed by atoms with Crippen molar-refractivity contribution < 1.29 is 14.7 Å². The summed E-state index contributed by atoms with van der Waals surface area (Å²) in [5.41, 5.74) is 3.07. The fourth-order valence-electron chi connectivity index (χ4n) is 2.22. The van der Waals surface area contributed by atoms with Crippen molar-refractivity contribution in [3.05, 3.63) is 34.9 Å². The minimum atomic E-state index is -1.03. The van der Waals surface area contributed by atoms with Crippen molar-refractivity contribution in [3.63, 3.8) is 0 Å². The number of amides is 1. The second-order valence-corrected chi connectivity index (χ2v) is 4.72. The summed E-state index contributed by atoms with van der Waals surface area (Å²) in [5.74, 6) is -1.35. The fraction of sp³-hybridized carbons (Fsp3) is 0.429. The first-order valence-corrected chi connectivity index (χ1v) is 6.23. The third-order valence-corrected chi connectivity index (χ3v) is 3.33. The number of carboxylic acid groups (broad SMARTS) is 1. The molecule has 0 spiro atoms. The number of aryl methyl sites for hydroxylation is 2. The van der Waals surface area contributed by atoms with E-state index in [1.165, 1.54) is 24.5 Å². The molecule has 0 radical (unpaired) electrons. The molecule has 1 amide bonds. The lowest BCUT2D eigenvalue weighted by Crippen LogP contribution is -2.38. The quantitative estimate of drug-likeness (QED) is 0.855. The highest BCUT2D eigenvalue weighted by atomic mass is 16.4. The Labute approximate surface area is 106 Å². The van der Waals surface area contributed by atoms with Gasteiger partial charge in [-0.1, -0.05) is 6.07 Å². The summed E-state index contributed by atoms with van der Waals surface area (Å²) < 4.78 is 0. The molecule has 0 saturated heterocycles. The van der Waals surface area contributed by atoms with Crippen LogP contribution in [0, 0.1) is 0 Å². The molecule has 2 rings (SSSR count). The molecule has 0 fully saturated rings. The highest BCUT2D eigenvalue weighted by Gasteiger charge is 2.17. The minimum Gasteiger partial charge on any atom is -0.480 e. The molecule has 1 aliphatic rings. The van der Waals surface area contributed by atoms with Gasteiger partial charge in [0.1, 0.15) is 6.04 Å². The van der Waals surface area contributed by atoms with E-state index in [4.69, 9.17) is 5.11 Å². The van der Waals surface area contributed by atoms with Crippen LogP contribution in [-0.2, 0) is 17.6 Å². The number of rotatable bonds is 3. The van der Waals surface area contributed by atoms with E-state index in [1.54, 1.807) is 6.07 Å². The van der Waals surface area contributed by atoms with Crippen molar-refractivity contribution in [2.45, 2.75) is 38.6 Å². The van der Waals surface area contributed by atoms with Crippen LogP contribution in [0.1, 0.15) is 41.3 Å². The van der Waals surface area contributed by atoms with Gasteiger partial charge in [-0.25, -0.2) is 0 Å². The summed E-state index contributed by atoms with van der Waals surface area (Å²) in [5, 5.41) is 11.2. The van der Waals surface area contributed by atoms with Crippen LogP contribution < -0.4 is 5.32 Å². The molecule has 4 heteroatoms. The molecule has 18 heavy (non-hydrogen) atoms. The Morgan fingerprint density at radius 1 is 1.22 bits per heavy atom. The molecule has 0 bridgehead atoms. The van der Waals surface area contributed by atoms with Crippen molar-refractivity contribution in [1.29, 1.82) is 0 Å². The van der Waals surface area contributed by atoms with Gasteiger partial charge in [0.15, 0.2) is 0 Å². The monoisotopic (exact) mass is 247 g/mol. The molecule has 0 heterocycles. The van der Waals surface area contributed by atoms with Crippen molar-refractivity contribution in [2.24, 2.45) is 0 Å². The van der Waals surface area contributed by atoms with Gasteiger partial charge in [0.25, 0.3) is 5.91 Å². The Morgan fingerprint density at radius 2 is 1.89 bits per heavy atom. The van der Waals surface area contributed by atoms with E-state index in [9.17, 15) is 9.59 Å². The van der Waals surface area contributed by atoms with Crippen LogP contribution in [0.25, 0.3) is 0 Å². The van der Waals surface area contributed by atoms with Gasteiger partial charge >= 0.3 is 5.97 Å². The summed E-state index contributed by atoms with van der Waals surface area (Å²) in [6, 6.07) is 4.77. The highest BCUT2D eigenvalue weighted by Crippen LogP contribution is 2.22. The molecular formula is C14H17NO3. The Hall–Kier alpha value is -1.84. The number of hydrogen-bond donors (Lipinski definition) is 2. The standard InChI is InChI=1S/C14H17NO3/c1-9(14(17)18)15-13(16)12-7-6-10-4-2-3-5-11(10)8-12/h6-9H,2-5H2,1H3,(H,15,16)(H,17,18)/t9-/m0/s1. The van der Waals surface area contributed by atoms with E-state index in [0.717, 1.165) is 19.3 Å². The fourth-order valence-corrected chi connectivity index (χ4v) is 2.22. The second-order valence-electron chi connectivity index (χ2n) is 4.72. The first-order valence-electron chi connectivity index (χ1n) is 6.23. The van der Waals surface area contributed by atoms with Crippen LogP contribution in [0.3, 0.4) is 0 Å². The number of carboxylic acids is 1.